The Hall–Kier alpha value is -2.82. The molecular formula is C17H16FNO3. The number of amides is 1. The molecular weight excluding hydrogens is 285 g/mol. The lowest BCUT2D eigenvalue weighted by molar-refractivity contribution is -0.111. The molecule has 0 unspecified atom stereocenters. The highest BCUT2D eigenvalue weighted by atomic mass is 19.1. The first-order valence-corrected chi connectivity index (χ1v) is 6.62. The van der Waals surface area contributed by atoms with E-state index >= 15 is 0 Å². The van der Waals surface area contributed by atoms with E-state index in [-0.39, 0.29) is 11.5 Å². The molecule has 0 atom stereocenters. The molecule has 0 spiro atoms. The van der Waals surface area contributed by atoms with Gasteiger partial charge in [-0.15, -0.1) is 0 Å². The first-order chi connectivity index (χ1) is 10.5. The molecule has 4 nitrogen and oxygen atoms in total. The molecule has 114 valence electrons. The second kappa shape index (κ2) is 6.76. The standard InChI is InChI=1S/C17H16FNO3/c1-11-3-6-14(15(20)9-11)19-17(21)8-5-12-4-7-16(22-2)13(18)10-12/h3-10,20H,1-2H3,(H,19,21)/b8-5+. The Bertz CT molecular complexity index is 726. The zero-order valence-corrected chi connectivity index (χ0v) is 12.3. The molecule has 22 heavy (non-hydrogen) atoms. The number of aryl methyl sites for hydroxylation is 1. The molecule has 0 aromatic heterocycles. The predicted octanol–water partition coefficient (Wildman–Crippen LogP) is 3.50. The zero-order valence-electron chi connectivity index (χ0n) is 12.3. The van der Waals surface area contributed by atoms with Crippen LogP contribution >= 0.6 is 0 Å². The van der Waals surface area contributed by atoms with Gasteiger partial charge in [-0.2, -0.15) is 0 Å². The van der Waals surface area contributed by atoms with Crippen molar-refractivity contribution in [2.24, 2.45) is 0 Å². The van der Waals surface area contributed by atoms with E-state index in [1.54, 1.807) is 24.3 Å². The van der Waals surface area contributed by atoms with Crippen molar-refractivity contribution in [3.8, 4) is 11.5 Å². The molecule has 0 aliphatic rings. The fourth-order valence-corrected chi connectivity index (χ4v) is 1.88. The van der Waals surface area contributed by atoms with E-state index in [0.717, 1.165) is 5.56 Å². The number of benzene rings is 2. The Morgan fingerprint density at radius 1 is 1.27 bits per heavy atom. The summed E-state index contributed by atoms with van der Waals surface area (Å²) in [4.78, 5) is 11.8. The third-order valence-electron chi connectivity index (χ3n) is 3.01. The molecule has 2 aromatic carbocycles. The van der Waals surface area contributed by atoms with Crippen molar-refractivity contribution in [2.45, 2.75) is 6.92 Å². The Morgan fingerprint density at radius 2 is 2.05 bits per heavy atom. The van der Waals surface area contributed by atoms with Crippen molar-refractivity contribution >= 4 is 17.7 Å². The fourth-order valence-electron chi connectivity index (χ4n) is 1.88. The van der Waals surface area contributed by atoms with Gasteiger partial charge in [-0.25, -0.2) is 4.39 Å². The van der Waals surface area contributed by atoms with Gasteiger partial charge in [0.2, 0.25) is 5.91 Å². The van der Waals surface area contributed by atoms with Gasteiger partial charge in [0.1, 0.15) is 5.75 Å². The van der Waals surface area contributed by atoms with Gasteiger partial charge in [0, 0.05) is 6.08 Å². The summed E-state index contributed by atoms with van der Waals surface area (Å²) in [5.41, 5.74) is 1.74. The maximum absolute atomic E-state index is 13.5. The molecule has 0 radical (unpaired) electrons. The van der Waals surface area contributed by atoms with E-state index in [0.29, 0.717) is 11.3 Å². The van der Waals surface area contributed by atoms with Gasteiger partial charge < -0.3 is 15.2 Å². The van der Waals surface area contributed by atoms with Crippen LogP contribution in [0.25, 0.3) is 6.08 Å². The first-order valence-electron chi connectivity index (χ1n) is 6.62. The molecule has 2 rings (SSSR count). The van der Waals surface area contributed by atoms with Crippen LogP contribution in [0.4, 0.5) is 10.1 Å². The normalized spacial score (nSPS) is 10.7. The molecule has 0 heterocycles. The molecule has 0 bridgehead atoms. The SMILES string of the molecule is COc1ccc(/C=C/C(=O)Nc2ccc(C)cc2O)cc1F. The minimum absolute atomic E-state index is 0.00255. The monoisotopic (exact) mass is 301 g/mol. The number of hydrogen-bond acceptors (Lipinski definition) is 3. The summed E-state index contributed by atoms with van der Waals surface area (Å²) in [6, 6.07) is 9.33. The van der Waals surface area contributed by atoms with Gasteiger partial charge in [-0.3, -0.25) is 4.79 Å². The second-order valence-electron chi connectivity index (χ2n) is 4.74. The van der Waals surface area contributed by atoms with Crippen LogP contribution in [0.1, 0.15) is 11.1 Å². The molecule has 0 aliphatic carbocycles. The Labute approximate surface area is 127 Å². The number of methoxy groups -OCH3 is 1. The van der Waals surface area contributed by atoms with E-state index < -0.39 is 11.7 Å². The Morgan fingerprint density at radius 3 is 2.68 bits per heavy atom. The smallest absolute Gasteiger partial charge is 0.248 e. The lowest BCUT2D eigenvalue weighted by Gasteiger charge is -2.06. The summed E-state index contributed by atoms with van der Waals surface area (Å²) in [6.45, 7) is 1.84. The quantitative estimate of drug-likeness (QED) is 0.671. The summed E-state index contributed by atoms with van der Waals surface area (Å²) in [6.07, 6.45) is 2.74. The van der Waals surface area contributed by atoms with Crippen molar-refractivity contribution in [2.75, 3.05) is 12.4 Å². The van der Waals surface area contributed by atoms with Crippen LogP contribution < -0.4 is 10.1 Å². The predicted molar refractivity (Wildman–Crippen MR) is 83.5 cm³/mol. The summed E-state index contributed by atoms with van der Waals surface area (Å²) < 4.78 is 18.3. The lowest BCUT2D eigenvalue weighted by atomic mass is 10.2. The number of halogens is 1. The number of carbonyl (C=O) groups is 1. The number of phenolic OH excluding ortho intramolecular Hbond substituents is 1. The number of aromatic hydroxyl groups is 1. The summed E-state index contributed by atoms with van der Waals surface area (Å²) in [5, 5.41) is 12.3. The van der Waals surface area contributed by atoms with Crippen LogP contribution in [0.2, 0.25) is 0 Å². The number of hydrogen-bond donors (Lipinski definition) is 2. The van der Waals surface area contributed by atoms with E-state index in [4.69, 9.17) is 4.74 Å². The molecule has 1 amide bonds. The van der Waals surface area contributed by atoms with Gasteiger partial charge in [0.05, 0.1) is 12.8 Å². The average molecular weight is 301 g/mol. The van der Waals surface area contributed by atoms with E-state index in [1.165, 1.54) is 31.4 Å². The highest BCUT2D eigenvalue weighted by molar-refractivity contribution is 6.02. The molecule has 0 fully saturated rings. The number of anilines is 1. The fraction of sp³-hybridized carbons (Fsp3) is 0.118. The average Bonchev–Trinajstić information content (AvgIpc) is 2.48. The highest BCUT2D eigenvalue weighted by Gasteiger charge is 2.05. The number of rotatable bonds is 4. The van der Waals surface area contributed by atoms with Crippen molar-refractivity contribution in [1.82, 2.24) is 0 Å². The molecule has 0 aliphatic heterocycles. The Balaban J connectivity index is 2.06. The molecule has 0 saturated heterocycles. The number of phenols is 1. The highest BCUT2D eigenvalue weighted by Crippen LogP contribution is 2.24. The second-order valence-corrected chi connectivity index (χ2v) is 4.74. The molecule has 2 aromatic rings. The van der Waals surface area contributed by atoms with Crippen LogP contribution in [0, 0.1) is 12.7 Å². The van der Waals surface area contributed by atoms with Gasteiger partial charge in [-0.1, -0.05) is 12.1 Å². The van der Waals surface area contributed by atoms with Crippen molar-refractivity contribution in [3.63, 3.8) is 0 Å². The Kier molecular flexibility index (Phi) is 4.78. The van der Waals surface area contributed by atoms with E-state index in [1.807, 2.05) is 6.92 Å². The maximum Gasteiger partial charge on any atom is 0.248 e. The van der Waals surface area contributed by atoms with Gasteiger partial charge in [0.25, 0.3) is 0 Å². The third kappa shape index (κ3) is 3.85. The summed E-state index contributed by atoms with van der Waals surface area (Å²) in [7, 11) is 1.38. The van der Waals surface area contributed by atoms with Crippen molar-refractivity contribution in [1.29, 1.82) is 0 Å². The van der Waals surface area contributed by atoms with Crippen molar-refractivity contribution in [3.05, 3.63) is 59.4 Å². The van der Waals surface area contributed by atoms with Crippen LogP contribution in [0.5, 0.6) is 11.5 Å². The van der Waals surface area contributed by atoms with Crippen LogP contribution in [0.15, 0.2) is 42.5 Å². The molecule has 0 saturated carbocycles. The number of nitrogens with one attached hydrogen (secondary N) is 1. The van der Waals surface area contributed by atoms with Crippen molar-refractivity contribution < 1.29 is 19.0 Å². The number of ether oxygens (including phenoxy) is 1. The van der Waals surface area contributed by atoms with Gasteiger partial charge in [-0.05, 0) is 48.4 Å². The maximum atomic E-state index is 13.5. The van der Waals surface area contributed by atoms with E-state index in [2.05, 4.69) is 5.32 Å². The van der Waals surface area contributed by atoms with Gasteiger partial charge in [0.15, 0.2) is 11.6 Å². The zero-order chi connectivity index (χ0) is 16.1. The largest absolute Gasteiger partial charge is 0.506 e. The summed E-state index contributed by atoms with van der Waals surface area (Å²) in [5.74, 6) is -0.778. The lowest BCUT2D eigenvalue weighted by Crippen LogP contribution is -2.07. The van der Waals surface area contributed by atoms with Gasteiger partial charge >= 0.3 is 0 Å². The van der Waals surface area contributed by atoms with Crippen LogP contribution in [-0.4, -0.2) is 18.1 Å². The van der Waals surface area contributed by atoms with Crippen LogP contribution in [0.3, 0.4) is 0 Å². The minimum atomic E-state index is -0.499. The number of carbonyl (C=O) groups excluding carboxylic acids is 1. The first kappa shape index (κ1) is 15.6. The van der Waals surface area contributed by atoms with E-state index in [9.17, 15) is 14.3 Å². The summed E-state index contributed by atoms with van der Waals surface area (Å²) >= 11 is 0. The topological polar surface area (TPSA) is 58.6 Å². The van der Waals surface area contributed by atoms with Crippen LogP contribution in [-0.2, 0) is 4.79 Å². The minimum Gasteiger partial charge on any atom is -0.506 e. The third-order valence-corrected chi connectivity index (χ3v) is 3.01. The molecule has 5 heteroatoms. The molecule has 2 N–H and O–H groups in total.